The lowest BCUT2D eigenvalue weighted by atomic mass is 10.1. The highest BCUT2D eigenvalue weighted by atomic mass is 32.2. The van der Waals surface area contributed by atoms with E-state index in [2.05, 4.69) is 10.3 Å². The average Bonchev–Trinajstić information content (AvgIpc) is 3.15. The molecule has 0 radical (unpaired) electrons. The smallest absolute Gasteiger partial charge is 0.287 e. The normalized spacial score (nSPS) is 21.1. The third-order valence-electron chi connectivity index (χ3n) is 5.19. The van der Waals surface area contributed by atoms with E-state index in [1.165, 1.54) is 0 Å². The number of fused-ring (bicyclic) bond motifs is 1. The van der Waals surface area contributed by atoms with Crippen LogP contribution in [0.25, 0.3) is 0 Å². The molecule has 1 N–H and O–H groups in total. The van der Waals surface area contributed by atoms with Gasteiger partial charge in [0, 0.05) is 25.2 Å². The molecule has 1 fully saturated rings. The van der Waals surface area contributed by atoms with E-state index in [1.54, 1.807) is 4.90 Å². The van der Waals surface area contributed by atoms with Gasteiger partial charge in [0.2, 0.25) is 0 Å². The Labute approximate surface area is 160 Å². The van der Waals surface area contributed by atoms with Gasteiger partial charge in [0.1, 0.15) is 5.69 Å². The first-order valence-electron chi connectivity index (χ1n) is 9.65. The minimum absolute atomic E-state index is 0.00329. The molecular formula is C18H28N4O4S. The van der Waals surface area contributed by atoms with Crippen molar-refractivity contribution in [3.8, 4) is 0 Å². The topological polar surface area (TPSA) is 101 Å². The third kappa shape index (κ3) is 4.02. The van der Waals surface area contributed by atoms with Gasteiger partial charge >= 0.3 is 0 Å². The van der Waals surface area contributed by atoms with E-state index >= 15 is 0 Å². The van der Waals surface area contributed by atoms with Gasteiger partial charge in [-0.25, -0.2) is 13.4 Å². The van der Waals surface area contributed by atoms with Crippen LogP contribution < -0.4 is 5.32 Å². The molecule has 0 spiro atoms. The molecular weight excluding hydrogens is 368 g/mol. The SMILES string of the molecule is CCN(C(=O)c1nc(C(=O)NC(C)C)n2c1CCCC2)C1CCS(=O)(=O)C1. The lowest BCUT2D eigenvalue weighted by molar-refractivity contribution is 0.0701. The molecule has 2 aliphatic heterocycles. The summed E-state index contributed by atoms with van der Waals surface area (Å²) in [5.74, 6) is -0.155. The van der Waals surface area contributed by atoms with Crippen LogP contribution >= 0.6 is 0 Å². The Bertz CT molecular complexity index is 844. The zero-order valence-corrected chi connectivity index (χ0v) is 17.0. The number of hydrogen-bond donors (Lipinski definition) is 1. The van der Waals surface area contributed by atoms with Crippen LogP contribution in [0.15, 0.2) is 0 Å². The van der Waals surface area contributed by atoms with Gasteiger partial charge < -0.3 is 14.8 Å². The molecule has 9 heteroatoms. The molecule has 0 aromatic carbocycles. The molecule has 150 valence electrons. The molecule has 8 nitrogen and oxygen atoms in total. The molecule has 27 heavy (non-hydrogen) atoms. The molecule has 0 bridgehead atoms. The standard InChI is InChI=1S/C18H28N4O4S/c1-4-21(13-8-10-27(25,26)11-13)18(24)15-14-7-5-6-9-22(14)16(20-15)17(23)19-12(2)3/h12-13H,4-11H2,1-3H3,(H,19,23). The van der Waals surface area contributed by atoms with Crippen LogP contribution in [0, 0.1) is 0 Å². The van der Waals surface area contributed by atoms with Gasteiger partial charge in [-0.2, -0.15) is 0 Å². The molecule has 2 amide bonds. The van der Waals surface area contributed by atoms with Crippen molar-refractivity contribution in [3.05, 3.63) is 17.2 Å². The van der Waals surface area contributed by atoms with Gasteiger partial charge in [0.05, 0.1) is 17.2 Å². The number of carbonyl (C=O) groups is 2. The number of nitrogens with one attached hydrogen (secondary N) is 1. The van der Waals surface area contributed by atoms with Crippen LogP contribution in [-0.2, 0) is 22.8 Å². The van der Waals surface area contributed by atoms with Crippen molar-refractivity contribution in [1.82, 2.24) is 19.8 Å². The van der Waals surface area contributed by atoms with Gasteiger partial charge in [-0.05, 0) is 46.5 Å². The summed E-state index contributed by atoms with van der Waals surface area (Å²) in [6.45, 7) is 6.68. The maximum absolute atomic E-state index is 13.2. The number of nitrogens with zero attached hydrogens (tertiary/aromatic N) is 3. The zero-order valence-electron chi connectivity index (χ0n) is 16.2. The molecule has 2 aliphatic rings. The fraction of sp³-hybridized carbons (Fsp3) is 0.722. The highest BCUT2D eigenvalue weighted by Crippen LogP contribution is 2.25. The van der Waals surface area contributed by atoms with Crippen LogP contribution in [0.3, 0.4) is 0 Å². The van der Waals surface area contributed by atoms with Crippen molar-refractivity contribution in [3.63, 3.8) is 0 Å². The summed E-state index contributed by atoms with van der Waals surface area (Å²) >= 11 is 0. The van der Waals surface area contributed by atoms with E-state index in [0.29, 0.717) is 31.6 Å². The molecule has 0 saturated carbocycles. The van der Waals surface area contributed by atoms with Gasteiger partial charge in [-0.15, -0.1) is 0 Å². The monoisotopic (exact) mass is 396 g/mol. The minimum atomic E-state index is -3.09. The summed E-state index contributed by atoms with van der Waals surface area (Å²) in [5.41, 5.74) is 1.09. The van der Waals surface area contributed by atoms with Crippen LogP contribution in [0.4, 0.5) is 0 Å². The highest BCUT2D eigenvalue weighted by Gasteiger charge is 2.37. The number of sulfone groups is 1. The van der Waals surface area contributed by atoms with Crippen LogP contribution in [-0.4, -0.2) is 64.8 Å². The molecule has 3 heterocycles. The van der Waals surface area contributed by atoms with E-state index in [0.717, 1.165) is 18.5 Å². The maximum atomic E-state index is 13.2. The quantitative estimate of drug-likeness (QED) is 0.800. The number of imidazole rings is 1. The Balaban J connectivity index is 1.94. The third-order valence-corrected chi connectivity index (χ3v) is 6.94. The zero-order chi connectivity index (χ0) is 19.8. The first kappa shape index (κ1) is 19.9. The van der Waals surface area contributed by atoms with Crippen molar-refractivity contribution in [1.29, 1.82) is 0 Å². The van der Waals surface area contributed by atoms with E-state index in [4.69, 9.17) is 0 Å². The molecule has 1 aromatic heterocycles. The Morgan fingerprint density at radius 2 is 2.07 bits per heavy atom. The Hall–Kier alpha value is -1.90. The van der Waals surface area contributed by atoms with Gasteiger partial charge in [-0.3, -0.25) is 9.59 Å². The average molecular weight is 397 g/mol. The van der Waals surface area contributed by atoms with Gasteiger partial charge in [0.15, 0.2) is 15.7 Å². The predicted octanol–water partition coefficient (Wildman–Crippen LogP) is 1.01. The second-order valence-corrected chi connectivity index (χ2v) is 9.84. The second-order valence-electron chi connectivity index (χ2n) is 7.62. The molecule has 1 atom stereocenters. The Kier molecular flexibility index (Phi) is 5.60. The highest BCUT2D eigenvalue weighted by molar-refractivity contribution is 7.91. The largest absolute Gasteiger partial charge is 0.347 e. The predicted molar refractivity (Wildman–Crippen MR) is 102 cm³/mol. The summed E-state index contributed by atoms with van der Waals surface area (Å²) in [6, 6.07) is -0.342. The summed E-state index contributed by atoms with van der Waals surface area (Å²) < 4.78 is 25.5. The molecule has 1 unspecified atom stereocenters. The molecule has 3 rings (SSSR count). The van der Waals surface area contributed by atoms with Crippen molar-refractivity contribution in [2.75, 3.05) is 18.1 Å². The van der Waals surface area contributed by atoms with Crippen LogP contribution in [0.1, 0.15) is 66.8 Å². The summed E-state index contributed by atoms with van der Waals surface area (Å²) in [5, 5.41) is 2.84. The molecule has 1 saturated heterocycles. The van der Waals surface area contributed by atoms with Crippen molar-refractivity contribution in [2.24, 2.45) is 0 Å². The Morgan fingerprint density at radius 3 is 2.67 bits per heavy atom. The number of rotatable bonds is 5. The number of amides is 2. The molecule has 1 aromatic rings. The van der Waals surface area contributed by atoms with Crippen LogP contribution in [0.5, 0.6) is 0 Å². The number of carbonyl (C=O) groups excluding carboxylic acids is 2. The lowest BCUT2D eigenvalue weighted by Crippen LogP contribution is -2.41. The molecule has 0 aliphatic carbocycles. The van der Waals surface area contributed by atoms with E-state index in [9.17, 15) is 18.0 Å². The first-order chi connectivity index (χ1) is 12.7. The fourth-order valence-electron chi connectivity index (χ4n) is 3.94. The van der Waals surface area contributed by atoms with E-state index in [1.807, 2.05) is 25.3 Å². The van der Waals surface area contributed by atoms with E-state index in [-0.39, 0.29) is 41.2 Å². The van der Waals surface area contributed by atoms with Gasteiger partial charge in [-0.1, -0.05) is 0 Å². The van der Waals surface area contributed by atoms with Gasteiger partial charge in [0.25, 0.3) is 11.8 Å². The van der Waals surface area contributed by atoms with Crippen molar-refractivity contribution in [2.45, 2.75) is 65.1 Å². The summed E-state index contributed by atoms with van der Waals surface area (Å²) in [7, 11) is -3.09. The number of hydrogen-bond acceptors (Lipinski definition) is 5. The van der Waals surface area contributed by atoms with E-state index < -0.39 is 9.84 Å². The summed E-state index contributed by atoms with van der Waals surface area (Å²) in [6.07, 6.45) is 3.04. The maximum Gasteiger partial charge on any atom is 0.287 e. The second kappa shape index (κ2) is 7.61. The minimum Gasteiger partial charge on any atom is -0.347 e. The first-order valence-corrected chi connectivity index (χ1v) is 11.5. The Morgan fingerprint density at radius 1 is 1.33 bits per heavy atom. The van der Waals surface area contributed by atoms with Crippen molar-refractivity contribution < 1.29 is 18.0 Å². The van der Waals surface area contributed by atoms with Crippen molar-refractivity contribution >= 4 is 21.7 Å². The fourth-order valence-corrected chi connectivity index (χ4v) is 5.67. The number of aromatic nitrogens is 2. The lowest BCUT2D eigenvalue weighted by Gasteiger charge is -2.27. The van der Waals surface area contributed by atoms with Crippen LogP contribution in [0.2, 0.25) is 0 Å². The summed E-state index contributed by atoms with van der Waals surface area (Å²) in [4.78, 5) is 31.8.